The lowest BCUT2D eigenvalue weighted by atomic mass is 10.1. The van der Waals surface area contributed by atoms with Gasteiger partial charge in [0, 0.05) is 24.7 Å². The fraction of sp³-hybridized carbons (Fsp3) is 0.409. The average Bonchev–Trinajstić information content (AvgIpc) is 2.73. The number of sulfonamides is 1. The Bertz CT molecular complexity index is 940. The van der Waals surface area contributed by atoms with Crippen LogP contribution in [0.1, 0.15) is 42.6 Å². The van der Waals surface area contributed by atoms with Crippen LogP contribution in [-0.2, 0) is 16.4 Å². The molecule has 0 saturated carbocycles. The molecular weight excluding hydrogens is 424 g/mol. The van der Waals surface area contributed by atoms with E-state index in [1.165, 1.54) is 11.4 Å². The van der Waals surface area contributed by atoms with E-state index in [4.69, 9.17) is 16.3 Å². The fourth-order valence-corrected chi connectivity index (χ4v) is 4.90. The van der Waals surface area contributed by atoms with Crippen molar-refractivity contribution >= 4 is 27.5 Å². The molecule has 30 heavy (non-hydrogen) atoms. The number of amides is 1. The molecule has 0 atom stereocenters. The van der Waals surface area contributed by atoms with Crippen molar-refractivity contribution < 1.29 is 17.9 Å². The van der Waals surface area contributed by atoms with Gasteiger partial charge in [0.1, 0.15) is 5.75 Å². The minimum absolute atomic E-state index is 0.275. The number of hydrogen-bond donors (Lipinski definition) is 1. The maximum atomic E-state index is 12.8. The van der Waals surface area contributed by atoms with Gasteiger partial charge in [0.2, 0.25) is 10.0 Å². The molecule has 6 nitrogen and oxygen atoms in total. The summed E-state index contributed by atoms with van der Waals surface area (Å²) in [6, 6.07) is 11.7. The van der Waals surface area contributed by atoms with Crippen LogP contribution >= 0.6 is 11.6 Å². The first kappa shape index (κ1) is 24.2. The first-order valence-electron chi connectivity index (χ1n) is 10.0. The zero-order valence-electron chi connectivity index (χ0n) is 17.7. The van der Waals surface area contributed by atoms with Crippen LogP contribution in [0.15, 0.2) is 47.4 Å². The Labute approximate surface area is 184 Å². The monoisotopic (exact) mass is 452 g/mol. The van der Waals surface area contributed by atoms with Crippen LogP contribution in [0.25, 0.3) is 0 Å². The van der Waals surface area contributed by atoms with Gasteiger partial charge in [-0.25, -0.2) is 8.42 Å². The maximum absolute atomic E-state index is 12.8. The summed E-state index contributed by atoms with van der Waals surface area (Å²) in [5.74, 6) is 0.179. The van der Waals surface area contributed by atoms with Gasteiger partial charge in [-0.2, -0.15) is 4.31 Å². The van der Waals surface area contributed by atoms with Gasteiger partial charge in [-0.1, -0.05) is 37.6 Å². The highest BCUT2D eigenvalue weighted by atomic mass is 35.5. The third kappa shape index (κ3) is 6.20. The lowest BCUT2D eigenvalue weighted by Crippen LogP contribution is -2.32. The van der Waals surface area contributed by atoms with Crippen molar-refractivity contribution in [3.05, 3.63) is 58.6 Å². The van der Waals surface area contributed by atoms with E-state index in [-0.39, 0.29) is 5.91 Å². The third-order valence-electron chi connectivity index (χ3n) is 4.61. The Morgan fingerprint density at radius 3 is 2.27 bits per heavy atom. The van der Waals surface area contributed by atoms with Crippen LogP contribution < -0.4 is 10.1 Å². The van der Waals surface area contributed by atoms with Crippen LogP contribution in [0, 0.1) is 0 Å². The Morgan fingerprint density at radius 2 is 1.70 bits per heavy atom. The van der Waals surface area contributed by atoms with E-state index >= 15 is 0 Å². The second kappa shape index (κ2) is 11.3. The number of nitrogens with one attached hydrogen (secondary N) is 1. The van der Waals surface area contributed by atoms with Crippen molar-refractivity contribution in [1.29, 1.82) is 0 Å². The molecule has 2 aromatic carbocycles. The number of ether oxygens (including phenoxy) is 1. The van der Waals surface area contributed by atoms with Crippen LogP contribution in [0.3, 0.4) is 0 Å². The Hall–Kier alpha value is -2.09. The van der Waals surface area contributed by atoms with Gasteiger partial charge in [0.15, 0.2) is 0 Å². The fourth-order valence-electron chi connectivity index (χ4n) is 3.10. The first-order valence-corrected chi connectivity index (χ1v) is 11.9. The molecular formula is C22H29ClN2O4S. The minimum Gasteiger partial charge on any atom is -0.496 e. The van der Waals surface area contributed by atoms with Crippen LogP contribution in [0.4, 0.5) is 0 Å². The standard InChI is InChI=1S/C22H29ClN2O4S/c1-4-14-25(15-5-2)30(27,28)19-9-6-17(7-10-19)12-13-24-22(26)20-16-18(23)8-11-21(20)29-3/h6-11,16H,4-5,12-15H2,1-3H3,(H,24,26). The number of rotatable bonds is 11. The molecule has 0 bridgehead atoms. The molecule has 0 unspecified atom stereocenters. The molecule has 1 N–H and O–H groups in total. The average molecular weight is 453 g/mol. The molecule has 0 aliphatic heterocycles. The SMILES string of the molecule is CCCN(CCC)S(=O)(=O)c1ccc(CCNC(=O)c2cc(Cl)ccc2OC)cc1. The van der Waals surface area contributed by atoms with Gasteiger partial charge in [-0.15, -0.1) is 0 Å². The third-order valence-corrected chi connectivity index (χ3v) is 6.76. The summed E-state index contributed by atoms with van der Waals surface area (Å²) in [7, 11) is -1.99. The largest absolute Gasteiger partial charge is 0.496 e. The van der Waals surface area contributed by atoms with E-state index in [2.05, 4.69) is 5.32 Å². The second-order valence-corrected chi connectivity index (χ2v) is 9.27. The molecule has 164 valence electrons. The summed E-state index contributed by atoms with van der Waals surface area (Å²) in [6.07, 6.45) is 2.12. The molecule has 0 aliphatic rings. The number of halogens is 1. The molecule has 0 spiro atoms. The summed E-state index contributed by atoms with van der Waals surface area (Å²) in [6.45, 7) is 5.36. The second-order valence-electron chi connectivity index (χ2n) is 6.90. The predicted octanol–water partition coefficient (Wildman–Crippen LogP) is 4.13. The first-order chi connectivity index (χ1) is 14.3. The summed E-state index contributed by atoms with van der Waals surface area (Å²) in [5.41, 5.74) is 1.31. The molecule has 0 heterocycles. The summed E-state index contributed by atoms with van der Waals surface area (Å²) in [5, 5.41) is 3.30. The molecule has 8 heteroatoms. The highest BCUT2D eigenvalue weighted by Crippen LogP contribution is 2.22. The van der Waals surface area contributed by atoms with Gasteiger partial charge >= 0.3 is 0 Å². The predicted molar refractivity (Wildman–Crippen MR) is 120 cm³/mol. The van der Waals surface area contributed by atoms with Gasteiger partial charge in [-0.05, 0) is 55.2 Å². The summed E-state index contributed by atoms with van der Waals surface area (Å²) in [4.78, 5) is 12.7. The smallest absolute Gasteiger partial charge is 0.255 e. The number of carbonyl (C=O) groups excluding carboxylic acids is 1. The van der Waals surface area contributed by atoms with Crippen molar-refractivity contribution in [2.75, 3.05) is 26.7 Å². The van der Waals surface area contributed by atoms with Crippen LogP contribution in [0.2, 0.25) is 5.02 Å². The van der Waals surface area contributed by atoms with Gasteiger partial charge in [0.25, 0.3) is 5.91 Å². The molecule has 0 radical (unpaired) electrons. The number of carbonyl (C=O) groups is 1. The topological polar surface area (TPSA) is 75.7 Å². The molecule has 0 aromatic heterocycles. The number of hydrogen-bond acceptors (Lipinski definition) is 4. The molecule has 0 saturated heterocycles. The Balaban J connectivity index is 2.00. The van der Waals surface area contributed by atoms with Gasteiger partial charge in [-0.3, -0.25) is 4.79 Å². The van der Waals surface area contributed by atoms with E-state index < -0.39 is 10.0 Å². The van der Waals surface area contributed by atoms with Crippen molar-refractivity contribution in [2.24, 2.45) is 0 Å². The van der Waals surface area contributed by atoms with E-state index in [9.17, 15) is 13.2 Å². The zero-order chi connectivity index (χ0) is 22.1. The maximum Gasteiger partial charge on any atom is 0.255 e. The highest BCUT2D eigenvalue weighted by Gasteiger charge is 2.22. The Morgan fingerprint density at radius 1 is 1.07 bits per heavy atom. The molecule has 0 aliphatic carbocycles. The van der Waals surface area contributed by atoms with Crippen molar-refractivity contribution in [1.82, 2.24) is 9.62 Å². The summed E-state index contributed by atoms with van der Waals surface area (Å²) < 4.78 is 32.4. The van der Waals surface area contributed by atoms with Crippen molar-refractivity contribution in [3.8, 4) is 5.75 Å². The van der Waals surface area contributed by atoms with Gasteiger partial charge < -0.3 is 10.1 Å². The van der Waals surface area contributed by atoms with Crippen LogP contribution in [0.5, 0.6) is 5.75 Å². The molecule has 2 rings (SSSR count). The zero-order valence-corrected chi connectivity index (χ0v) is 19.2. The van der Waals surface area contributed by atoms with Crippen molar-refractivity contribution in [3.63, 3.8) is 0 Å². The van der Waals surface area contributed by atoms with E-state index in [1.807, 2.05) is 13.8 Å². The lowest BCUT2D eigenvalue weighted by molar-refractivity contribution is 0.0951. The van der Waals surface area contributed by atoms with Crippen molar-refractivity contribution in [2.45, 2.75) is 38.0 Å². The molecule has 0 fully saturated rings. The number of benzene rings is 2. The lowest BCUT2D eigenvalue weighted by Gasteiger charge is -2.21. The van der Waals surface area contributed by atoms with E-state index in [0.29, 0.717) is 47.3 Å². The van der Waals surface area contributed by atoms with E-state index in [0.717, 1.165) is 18.4 Å². The van der Waals surface area contributed by atoms with Crippen LogP contribution in [-0.4, -0.2) is 45.4 Å². The number of nitrogens with zero attached hydrogens (tertiary/aromatic N) is 1. The normalized spacial score (nSPS) is 11.5. The quantitative estimate of drug-likeness (QED) is 0.556. The van der Waals surface area contributed by atoms with E-state index in [1.54, 1.807) is 42.5 Å². The minimum atomic E-state index is -3.49. The molecule has 2 aromatic rings. The number of methoxy groups -OCH3 is 1. The summed E-state index contributed by atoms with van der Waals surface area (Å²) >= 11 is 5.97. The molecule has 1 amide bonds. The highest BCUT2D eigenvalue weighted by molar-refractivity contribution is 7.89. The van der Waals surface area contributed by atoms with Gasteiger partial charge in [0.05, 0.1) is 17.6 Å². The Kier molecular flexibility index (Phi) is 9.14.